The second kappa shape index (κ2) is 3.92. The molecule has 0 saturated carbocycles. The van der Waals surface area contributed by atoms with E-state index in [9.17, 15) is 5.11 Å². The number of hydrogen-bond donors (Lipinski definition) is 1. The van der Waals surface area contributed by atoms with Crippen LogP contribution in [0.4, 0.5) is 0 Å². The monoisotopic (exact) mass is 226 g/mol. The quantitative estimate of drug-likeness (QED) is 0.752. The lowest BCUT2D eigenvalue weighted by molar-refractivity contribution is 0.476. The molecule has 0 heterocycles. The summed E-state index contributed by atoms with van der Waals surface area (Å²) >= 11 is 0. The van der Waals surface area contributed by atoms with Gasteiger partial charge in [-0.25, -0.2) is 0 Å². The number of allylic oxidation sites excluding steroid dienone is 1. The van der Waals surface area contributed by atoms with E-state index >= 15 is 0 Å². The zero-order valence-electron chi connectivity index (χ0n) is 10.6. The topological polar surface area (TPSA) is 20.2 Å². The Kier molecular flexibility index (Phi) is 2.70. The molecule has 0 bridgehead atoms. The van der Waals surface area contributed by atoms with E-state index in [1.54, 1.807) is 12.1 Å². The second-order valence-electron chi connectivity index (χ2n) is 5.15. The number of phenolic OH excluding ortho intramolecular Hbond substituents is 1. The standard InChI is InChI=1S/C16H18O/c1-11(2)16(3,4)14-7-5-13-10-15(17)8-6-12(13)9-14/h5-10,17H,1H2,2-4H3. The summed E-state index contributed by atoms with van der Waals surface area (Å²) in [4.78, 5) is 0. The molecule has 0 aliphatic rings. The predicted octanol–water partition coefficient (Wildman–Crippen LogP) is 4.40. The first-order chi connectivity index (χ1) is 7.91. The minimum Gasteiger partial charge on any atom is -0.508 e. The van der Waals surface area contributed by atoms with E-state index in [0.717, 1.165) is 16.3 Å². The largest absolute Gasteiger partial charge is 0.508 e. The molecule has 0 aromatic heterocycles. The van der Waals surface area contributed by atoms with E-state index in [0.29, 0.717) is 5.75 Å². The van der Waals surface area contributed by atoms with Gasteiger partial charge >= 0.3 is 0 Å². The summed E-state index contributed by atoms with van der Waals surface area (Å²) in [5.41, 5.74) is 2.38. The maximum Gasteiger partial charge on any atom is 0.116 e. The summed E-state index contributed by atoms with van der Waals surface area (Å²) in [5, 5.41) is 11.6. The minimum atomic E-state index is -0.0217. The third-order valence-corrected chi connectivity index (χ3v) is 3.61. The number of benzene rings is 2. The Bertz CT molecular complexity index is 579. The molecule has 0 spiro atoms. The molecule has 2 rings (SSSR count). The van der Waals surface area contributed by atoms with E-state index in [4.69, 9.17) is 0 Å². The van der Waals surface area contributed by atoms with Crippen LogP contribution in [0.2, 0.25) is 0 Å². The molecule has 88 valence electrons. The SMILES string of the molecule is C=C(C)C(C)(C)c1ccc2cc(O)ccc2c1. The summed E-state index contributed by atoms with van der Waals surface area (Å²) in [6, 6.07) is 11.8. The third-order valence-electron chi connectivity index (χ3n) is 3.61. The van der Waals surface area contributed by atoms with Crippen molar-refractivity contribution < 1.29 is 5.11 Å². The molecule has 0 radical (unpaired) electrons. The first-order valence-corrected chi connectivity index (χ1v) is 5.80. The molecule has 0 unspecified atom stereocenters. The molecule has 0 aliphatic heterocycles. The van der Waals surface area contributed by atoms with Crippen LogP contribution in [-0.2, 0) is 5.41 Å². The van der Waals surface area contributed by atoms with Gasteiger partial charge in [-0.15, -0.1) is 0 Å². The fraction of sp³-hybridized carbons (Fsp3) is 0.250. The van der Waals surface area contributed by atoms with Crippen molar-refractivity contribution >= 4 is 10.8 Å². The lowest BCUT2D eigenvalue weighted by Crippen LogP contribution is -2.17. The second-order valence-corrected chi connectivity index (χ2v) is 5.15. The van der Waals surface area contributed by atoms with Crippen LogP contribution < -0.4 is 0 Å². The molecule has 0 atom stereocenters. The fourth-order valence-electron chi connectivity index (χ4n) is 1.87. The average molecular weight is 226 g/mol. The van der Waals surface area contributed by atoms with Gasteiger partial charge in [-0.1, -0.05) is 50.3 Å². The predicted molar refractivity (Wildman–Crippen MR) is 73.5 cm³/mol. The Balaban J connectivity index is 2.59. The third kappa shape index (κ3) is 2.05. The van der Waals surface area contributed by atoms with E-state index < -0.39 is 0 Å². The smallest absolute Gasteiger partial charge is 0.116 e. The molecule has 1 heteroatoms. The number of rotatable bonds is 2. The van der Waals surface area contributed by atoms with Crippen LogP contribution >= 0.6 is 0 Å². The van der Waals surface area contributed by atoms with E-state index in [2.05, 4.69) is 45.5 Å². The fourth-order valence-corrected chi connectivity index (χ4v) is 1.87. The average Bonchev–Trinajstić information content (AvgIpc) is 2.28. The molecule has 0 fully saturated rings. The molecule has 0 saturated heterocycles. The van der Waals surface area contributed by atoms with E-state index in [1.165, 1.54) is 5.56 Å². The summed E-state index contributed by atoms with van der Waals surface area (Å²) in [7, 11) is 0. The van der Waals surface area contributed by atoms with Crippen LogP contribution in [0.3, 0.4) is 0 Å². The lowest BCUT2D eigenvalue weighted by Gasteiger charge is -2.26. The highest BCUT2D eigenvalue weighted by atomic mass is 16.3. The van der Waals surface area contributed by atoms with Gasteiger partial charge in [-0.2, -0.15) is 0 Å². The Morgan fingerprint density at radius 3 is 2.29 bits per heavy atom. The zero-order valence-corrected chi connectivity index (χ0v) is 10.6. The van der Waals surface area contributed by atoms with Crippen molar-refractivity contribution in [3.63, 3.8) is 0 Å². The Morgan fingerprint density at radius 2 is 1.65 bits per heavy atom. The van der Waals surface area contributed by atoms with Crippen molar-refractivity contribution in [1.29, 1.82) is 0 Å². The van der Waals surface area contributed by atoms with Gasteiger partial charge in [-0.05, 0) is 35.4 Å². The van der Waals surface area contributed by atoms with E-state index in [1.807, 2.05) is 6.07 Å². The molecule has 1 nitrogen and oxygen atoms in total. The van der Waals surface area contributed by atoms with Crippen molar-refractivity contribution in [2.75, 3.05) is 0 Å². The Morgan fingerprint density at radius 1 is 1.06 bits per heavy atom. The number of phenols is 1. The van der Waals surface area contributed by atoms with Gasteiger partial charge < -0.3 is 5.11 Å². The van der Waals surface area contributed by atoms with Crippen LogP contribution in [0.5, 0.6) is 5.75 Å². The highest BCUT2D eigenvalue weighted by molar-refractivity contribution is 5.84. The molecule has 1 N–H and O–H groups in total. The Hall–Kier alpha value is -1.76. The van der Waals surface area contributed by atoms with Crippen LogP contribution in [0.15, 0.2) is 48.6 Å². The van der Waals surface area contributed by atoms with Crippen LogP contribution in [0.25, 0.3) is 10.8 Å². The van der Waals surface area contributed by atoms with Crippen molar-refractivity contribution in [2.45, 2.75) is 26.2 Å². The lowest BCUT2D eigenvalue weighted by atomic mass is 9.78. The number of aromatic hydroxyl groups is 1. The van der Waals surface area contributed by atoms with Crippen molar-refractivity contribution in [1.82, 2.24) is 0 Å². The first kappa shape index (κ1) is 11.7. The molecule has 0 amide bonds. The molecule has 2 aromatic carbocycles. The maximum atomic E-state index is 9.43. The van der Waals surface area contributed by atoms with Gasteiger partial charge in [0, 0.05) is 5.41 Å². The van der Waals surface area contributed by atoms with Crippen LogP contribution in [-0.4, -0.2) is 5.11 Å². The first-order valence-electron chi connectivity index (χ1n) is 5.80. The van der Waals surface area contributed by atoms with Crippen LogP contribution in [0.1, 0.15) is 26.3 Å². The van der Waals surface area contributed by atoms with Crippen molar-refractivity contribution in [3.05, 3.63) is 54.1 Å². The van der Waals surface area contributed by atoms with Gasteiger partial charge in [0.15, 0.2) is 0 Å². The summed E-state index contributed by atoms with van der Waals surface area (Å²) in [6.07, 6.45) is 0. The molecular weight excluding hydrogens is 208 g/mol. The van der Waals surface area contributed by atoms with Gasteiger partial charge in [0.2, 0.25) is 0 Å². The number of fused-ring (bicyclic) bond motifs is 1. The van der Waals surface area contributed by atoms with Gasteiger partial charge in [0.1, 0.15) is 5.75 Å². The summed E-state index contributed by atoms with van der Waals surface area (Å²) in [5.74, 6) is 0.310. The summed E-state index contributed by atoms with van der Waals surface area (Å²) < 4.78 is 0. The summed E-state index contributed by atoms with van der Waals surface area (Å²) in [6.45, 7) is 10.5. The van der Waals surface area contributed by atoms with Crippen molar-refractivity contribution in [2.24, 2.45) is 0 Å². The van der Waals surface area contributed by atoms with E-state index in [-0.39, 0.29) is 5.41 Å². The Labute approximate surface area is 102 Å². The van der Waals surface area contributed by atoms with Crippen molar-refractivity contribution in [3.8, 4) is 5.75 Å². The minimum absolute atomic E-state index is 0.0217. The zero-order chi connectivity index (χ0) is 12.6. The number of hydrogen-bond acceptors (Lipinski definition) is 1. The van der Waals surface area contributed by atoms with Crippen LogP contribution in [0, 0.1) is 0 Å². The highest BCUT2D eigenvalue weighted by Crippen LogP contribution is 2.32. The van der Waals surface area contributed by atoms with Gasteiger partial charge in [-0.3, -0.25) is 0 Å². The molecular formula is C16H18O. The molecule has 17 heavy (non-hydrogen) atoms. The molecule has 0 aliphatic carbocycles. The maximum absolute atomic E-state index is 9.43. The van der Waals surface area contributed by atoms with Gasteiger partial charge in [0.25, 0.3) is 0 Å². The molecule has 2 aromatic rings. The normalized spacial score (nSPS) is 11.7. The highest BCUT2D eigenvalue weighted by Gasteiger charge is 2.21. The van der Waals surface area contributed by atoms with Gasteiger partial charge in [0.05, 0.1) is 0 Å².